The number of hydrogen-bond acceptors (Lipinski definition) is 11. The lowest BCUT2D eigenvalue weighted by atomic mass is 10.1. The van der Waals surface area contributed by atoms with Crippen LogP contribution in [0.1, 0.15) is 50.4 Å². The quantitative estimate of drug-likeness (QED) is 0.0784. The smallest absolute Gasteiger partial charge is 0.426 e. The number of fused-ring (bicyclic) bond motifs is 2. The molecule has 2 atom stereocenters. The summed E-state index contributed by atoms with van der Waals surface area (Å²) >= 11 is 1.38. The van der Waals surface area contributed by atoms with E-state index in [1.807, 2.05) is 28.0 Å². The van der Waals surface area contributed by atoms with Crippen LogP contribution in [0.5, 0.6) is 11.5 Å². The van der Waals surface area contributed by atoms with Crippen molar-refractivity contribution in [2.24, 2.45) is 11.8 Å². The predicted molar refractivity (Wildman–Crippen MR) is 277 cm³/mol. The van der Waals surface area contributed by atoms with Crippen LogP contribution in [0.4, 0.5) is 37.7 Å². The summed E-state index contributed by atoms with van der Waals surface area (Å²) in [5.74, 6) is -0.699. The van der Waals surface area contributed by atoms with Gasteiger partial charge in [-0.1, -0.05) is 60.7 Å². The number of anilines is 2. The van der Waals surface area contributed by atoms with Crippen LogP contribution in [0.2, 0.25) is 0 Å². The number of carbonyl (C=O) groups is 4. The van der Waals surface area contributed by atoms with Crippen molar-refractivity contribution in [3.8, 4) is 33.8 Å². The normalized spacial score (nSPS) is 17.5. The van der Waals surface area contributed by atoms with Crippen LogP contribution < -0.4 is 19.3 Å². The number of rotatable bonds is 15. The zero-order valence-electron chi connectivity index (χ0n) is 41.3. The Bertz CT molecular complexity index is 3060. The van der Waals surface area contributed by atoms with Crippen molar-refractivity contribution in [1.29, 1.82) is 0 Å². The van der Waals surface area contributed by atoms with Gasteiger partial charge < -0.3 is 29.1 Å². The Kier molecular flexibility index (Phi) is 16.5. The van der Waals surface area contributed by atoms with Gasteiger partial charge in [-0.3, -0.25) is 29.0 Å². The summed E-state index contributed by atoms with van der Waals surface area (Å²) in [6.45, 7) is 5.77. The first-order valence-electron chi connectivity index (χ1n) is 24.9. The molecule has 0 bridgehead atoms. The van der Waals surface area contributed by atoms with Crippen LogP contribution in [0.25, 0.3) is 22.3 Å². The van der Waals surface area contributed by atoms with Crippen LogP contribution in [0, 0.1) is 11.8 Å². The molecule has 6 aromatic rings. The Morgan fingerprint density at radius 1 is 0.592 bits per heavy atom. The molecule has 12 nitrogen and oxygen atoms in total. The first-order valence-corrected chi connectivity index (χ1v) is 26.5. The van der Waals surface area contributed by atoms with Gasteiger partial charge in [0.25, 0.3) is 0 Å². The van der Waals surface area contributed by atoms with E-state index in [1.54, 1.807) is 102 Å². The minimum Gasteiger partial charge on any atom is -0.488 e. The van der Waals surface area contributed by atoms with Crippen LogP contribution in [0.3, 0.4) is 0 Å². The molecule has 0 aliphatic carbocycles. The monoisotopic (exact) mass is 1090 g/mol. The molecule has 2 amide bonds. The molecule has 4 aliphatic rings. The number of thiophene rings is 2. The van der Waals surface area contributed by atoms with Crippen molar-refractivity contribution in [1.82, 2.24) is 9.80 Å². The minimum atomic E-state index is -4.46. The van der Waals surface area contributed by atoms with Gasteiger partial charge in [0.05, 0.1) is 31.5 Å². The van der Waals surface area contributed by atoms with Gasteiger partial charge in [0.15, 0.2) is 0 Å². The number of hydrogen-bond donors (Lipinski definition) is 1. The number of carboxylic acids is 1. The van der Waals surface area contributed by atoms with Crippen molar-refractivity contribution in [3.05, 3.63) is 140 Å². The highest BCUT2D eigenvalue weighted by Crippen LogP contribution is 2.45. The number of likely N-dealkylation sites (tertiary alicyclic amines) is 2. The summed E-state index contributed by atoms with van der Waals surface area (Å²) in [6.07, 6.45) is -6.37. The molecule has 2 unspecified atom stereocenters. The fourth-order valence-corrected chi connectivity index (χ4v) is 12.0. The number of halogens is 6. The second-order valence-electron chi connectivity index (χ2n) is 18.9. The number of alkyl halides is 6. The summed E-state index contributed by atoms with van der Waals surface area (Å²) in [7, 11) is 0. The molecule has 6 heterocycles. The Balaban J connectivity index is 0.000000186. The molecule has 76 heavy (non-hydrogen) atoms. The molecule has 0 radical (unpaired) electrons. The van der Waals surface area contributed by atoms with Crippen molar-refractivity contribution in [2.75, 3.05) is 68.8 Å². The first-order chi connectivity index (χ1) is 36.4. The molecule has 20 heteroatoms. The standard InChI is InChI=1S/C29H29F3N2O4S.C27H25F3N2O4S/c1-2-37-28(36)21-10-12-33(16-21)17-26(35)34-13-11-20-14-22(8-9-25(20)34)38-18-23-15-24(19-6-4-3-5-7-19)27(39-23)29(30,31)32;28-27(29,30)25-22(17-4-2-1-3-5-17)13-21(37-25)16-36-20-6-7-23-18(12-20)9-11-32(23)24(33)15-31-10-8-19(14-31)26(34)35/h3-9,14-15,21H,2,10-13,16-18H2,1H3;1-7,12-13,19H,8-11,14-16H2,(H,34,35). The lowest BCUT2D eigenvalue weighted by Gasteiger charge is -2.22. The lowest BCUT2D eigenvalue weighted by Crippen LogP contribution is -2.39. The van der Waals surface area contributed by atoms with E-state index in [1.165, 1.54) is 6.07 Å². The fourth-order valence-electron chi connectivity index (χ4n) is 10.0. The molecular formula is C56H54F6N4O8S2. The highest BCUT2D eigenvalue weighted by atomic mass is 32.1. The number of esters is 1. The third kappa shape index (κ3) is 12.7. The highest BCUT2D eigenvalue weighted by Gasteiger charge is 2.39. The fraction of sp³-hybridized carbons (Fsp3) is 0.357. The van der Waals surface area contributed by atoms with E-state index in [9.17, 15) is 45.5 Å². The average molecular weight is 1090 g/mol. The summed E-state index contributed by atoms with van der Waals surface area (Å²) in [4.78, 5) is 56.1. The zero-order chi connectivity index (χ0) is 53.7. The molecule has 4 aliphatic heterocycles. The molecule has 0 spiro atoms. The van der Waals surface area contributed by atoms with Gasteiger partial charge in [0, 0.05) is 58.4 Å². The number of amides is 2. The molecule has 2 fully saturated rings. The molecule has 0 saturated carbocycles. The third-order valence-corrected chi connectivity index (χ3v) is 16.0. The van der Waals surface area contributed by atoms with Gasteiger partial charge in [0.2, 0.25) is 11.8 Å². The van der Waals surface area contributed by atoms with E-state index >= 15 is 0 Å². The summed E-state index contributed by atoms with van der Waals surface area (Å²) in [6, 6.07) is 30.9. The molecule has 2 aromatic heterocycles. The van der Waals surface area contributed by atoms with Crippen molar-refractivity contribution in [2.45, 2.75) is 58.2 Å². The maximum Gasteiger partial charge on any atom is 0.426 e. The van der Waals surface area contributed by atoms with E-state index in [-0.39, 0.29) is 61.1 Å². The van der Waals surface area contributed by atoms with Gasteiger partial charge in [-0.05, 0) is 116 Å². The molecule has 4 aromatic carbocycles. The van der Waals surface area contributed by atoms with Crippen LogP contribution in [0.15, 0.2) is 109 Å². The number of carboxylic acid groups (broad SMARTS) is 1. The van der Waals surface area contributed by atoms with Crippen LogP contribution in [-0.2, 0) is 62.3 Å². The highest BCUT2D eigenvalue weighted by molar-refractivity contribution is 7.13. The van der Waals surface area contributed by atoms with Crippen molar-refractivity contribution >= 4 is 57.8 Å². The molecule has 1 N–H and O–H groups in total. The SMILES string of the molecule is CCOC(=O)C1CCN(CC(=O)N2CCc3cc(OCc4cc(-c5ccccc5)c(C(F)(F)F)s4)ccc32)C1.O=C(O)C1CCN(CC(=O)N2CCc3cc(OCc4cc(-c5ccccc5)c(C(F)(F)F)s4)ccc32)C1. The second-order valence-corrected chi connectivity index (χ2v) is 21.2. The van der Waals surface area contributed by atoms with E-state index in [4.69, 9.17) is 19.3 Å². The van der Waals surface area contributed by atoms with E-state index in [0.717, 1.165) is 22.5 Å². The van der Waals surface area contributed by atoms with Crippen molar-refractivity contribution in [3.63, 3.8) is 0 Å². The topological polar surface area (TPSA) is 129 Å². The summed E-state index contributed by atoms with van der Waals surface area (Å²) < 4.78 is 98.9. The van der Waals surface area contributed by atoms with E-state index < -0.39 is 34.0 Å². The van der Waals surface area contributed by atoms with E-state index in [0.29, 0.717) is 127 Å². The Hall–Kier alpha value is -6.74. The summed E-state index contributed by atoms with van der Waals surface area (Å²) in [5, 5.41) is 9.17. The third-order valence-electron chi connectivity index (χ3n) is 13.7. The molecular weight excluding hydrogens is 1030 g/mol. The first kappa shape index (κ1) is 54.1. The number of carbonyl (C=O) groups excluding carboxylic acids is 3. The van der Waals surface area contributed by atoms with Gasteiger partial charge in [0.1, 0.15) is 34.5 Å². The van der Waals surface area contributed by atoms with E-state index in [2.05, 4.69) is 0 Å². The molecule has 10 rings (SSSR count). The average Bonchev–Trinajstić information content (AvgIpc) is 4.29. The maximum absolute atomic E-state index is 13.7. The van der Waals surface area contributed by atoms with Crippen LogP contribution in [-0.4, -0.2) is 97.6 Å². The van der Waals surface area contributed by atoms with Crippen molar-refractivity contribution < 1.29 is 64.8 Å². The zero-order valence-corrected chi connectivity index (χ0v) is 43.0. The minimum absolute atomic E-state index is 0.00170. The Labute approximate surface area is 443 Å². The number of nitrogens with zero attached hydrogens (tertiary/aromatic N) is 4. The second kappa shape index (κ2) is 23.2. The summed E-state index contributed by atoms with van der Waals surface area (Å²) in [5.41, 5.74) is 4.81. The number of ether oxygens (including phenoxy) is 3. The lowest BCUT2D eigenvalue weighted by molar-refractivity contribution is -0.147. The maximum atomic E-state index is 13.7. The Morgan fingerprint density at radius 2 is 1.03 bits per heavy atom. The van der Waals surface area contributed by atoms with Gasteiger partial charge in [-0.2, -0.15) is 26.3 Å². The Morgan fingerprint density at radius 3 is 1.43 bits per heavy atom. The van der Waals surface area contributed by atoms with Gasteiger partial charge in [-0.25, -0.2) is 0 Å². The number of benzene rings is 4. The van der Waals surface area contributed by atoms with Gasteiger partial charge in [-0.15, -0.1) is 22.7 Å². The largest absolute Gasteiger partial charge is 0.488 e. The molecule has 2 saturated heterocycles. The predicted octanol–water partition coefficient (Wildman–Crippen LogP) is 11.1. The number of aliphatic carboxylic acids is 1. The molecule has 400 valence electrons. The van der Waals surface area contributed by atoms with Crippen LogP contribution >= 0.6 is 22.7 Å². The van der Waals surface area contributed by atoms with Gasteiger partial charge >= 0.3 is 24.3 Å².